The van der Waals surface area contributed by atoms with Crippen molar-refractivity contribution in [2.45, 2.75) is 37.6 Å². The van der Waals surface area contributed by atoms with Crippen molar-refractivity contribution in [3.8, 4) is 5.75 Å². The van der Waals surface area contributed by atoms with E-state index in [0.717, 1.165) is 23.7 Å². The van der Waals surface area contributed by atoms with Crippen LogP contribution in [0.15, 0.2) is 89.9 Å². The fourth-order valence-electron chi connectivity index (χ4n) is 5.21. The summed E-state index contributed by atoms with van der Waals surface area (Å²) in [5.74, 6) is 0.620. The summed E-state index contributed by atoms with van der Waals surface area (Å²) in [6.45, 7) is 6.72. The molecule has 6 rings (SSSR count). The molecule has 6 heteroatoms. The van der Waals surface area contributed by atoms with Gasteiger partial charge in [-0.1, -0.05) is 87.1 Å². The SMILES string of the molecule is CC(C)(C)c1cc2c(c3ccc(O[B]O)cc13)C1N=C(c3ccccc3)SC1N2c1ccccc1. The second-order valence-corrected chi connectivity index (χ2v) is 11.1. The number of hydrogen-bond acceptors (Lipinski definition) is 5. The molecule has 1 radical (unpaired) electrons. The van der Waals surface area contributed by atoms with Gasteiger partial charge in [-0.05, 0) is 52.1 Å². The van der Waals surface area contributed by atoms with Gasteiger partial charge in [-0.2, -0.15) is 0 Å². The van der Waals surface area contributed by atoms with Gasteiger partial charge in [-0.25, -0.2) is 0 Å². The first-order valence-corrected chi connectivity index (χ1v) is 12.7. The zero-order chi connectivity index (χ0) is 24.2. The lowest BCUT2D eigenvalue weighted by molar-refractivity contribution is 0.454. The van der Waals surface area contributed by atoms with Crippen LogP contribution in [0.5, 0.6) is 5.75 Å². The maximum atomic E-state index is 9.22. The summed E-state index contributed by atoms with van der Waals surface area (Å²) >= 11 is 1.84. The van der Waals surface area contributed by atoms with E-state index in [1.54, 1.807) is 0 Å². The largest absolute Gasteiger partial charge is 0.569 e. The Morgan fingerprint density at radius 2 is 1.63 bits per heavy atom. The average Bonchev–Trinajstić information content (AvgIpc) is 3.41. The van der Waals surface area contributed by atoms with Gasteiger partial charge in [0.15, 0.2) is 0 Å². The Balaban J connectivity index is 1.62. The van der Waals surface area contributed by atoms with Crippen LogP contribution in [0.2, 0.25) is 0 Å². The van der Waals surface area contributed by atoms with Gasteiger partial charge in [0.25, 0.3) is 0 Å². The number of fused-ring (bicyclic) bond motifs is 5. The Morgan fingerprint density at radius 1 is 0.914 bits per heavy atom. The first kappa shape index (κ1) is 22.3. The molecule has 4 nitrogen and oxygen atoms in total. The summed E-state index contributed by atoms with van der Waals surface area (Å²) in [4.78, 5) is 7.76. The normalized spacial score (nSPS) is 18.9. The second-order valence-electron chi connectivity index (χ2n) is 10.00. The van der Waals surface area contributed by atoms with Gasteiger partial charge in [0.05, 0.1) is 0 Å². The summed E-state index contributed by atoms with van der Waals surface area (Å²) in [5, 5.41) is 12.8. The number of aliphatic imine (C=N–C) groups is 1. The first-order valence-electron chi connectivity index (χ1n) is 11.8. The second kappa shape index (κ2) is 8.47. The molecule has 0 aromatic heterocycles. The van der Waals surface area contributed by atoms with Crippen LogP contribution >= 0.6 is 11.8 Å². The molecule has 2 heterocycles. The van der Waals surface area contributed by atoms with Crippen LogP contribution in [0.25, 0.3) is 10.8 Å². The van der Waals surface area contributed by atoms with E-state index in [9.17, 15) is 5.02 Å². The van der Waals surface area contributed by atoms with Gasteiger partial charge in [0.2, 0.25) is 0 Å². The van der Waals surface area contributed by atoms with Crippen molar-refractivity contribution in [3.63, 3.8) is 0 Å². The van der Waals surface area contributed by atoms with Crippen LogP contribution in [0.3, 0.4) is 0 Å². The molecular formula is C29H26BN2O2S. The zero-order valence-electron chi connectivity index (χ0n) is 20.0. The third-order valence-electron chi connectivity index (χ3n) is 6.75. The van der Waals surface area contributed by atoms with Crippen LogP contribution in [0.1, 0.15) is 43.5 Å². The smallest absolute Gasteiger partial charge is 0.537 e. The molecule has 2 aliphatic heterocycles. The van der Waals surface area contributed by atoms with Gasteiger partial charge >= 0.3 is 7.69 Å². The highest BCUT2D eigenvalue weighted by molar-refractivity contribution is 8.15. The molecule has 2 unspecified atom stereocenters. The molecule has 0 aliphatic carbocycles. The van der Waals surface area contributed by atoms with E-state index in [-0.39, 0.29) is 16.8 Å². The fraction of sp³-hybridized carbons (Fsp3) is 0.207. The number of thioether (sulfide) groups is 1. The first-order chi connectivity index (χ1) is 17.0. The van der Waals surface area contributed by atoms with Crippen molar-refractivity contribution in [3.05, 3.63) is 102 Å². The molecule has 0 spiro atoms. The molecule has 4 aromatic carbocycles. The number of rotatable bonds is 4. The predicted octanol–water partition coefficient (Wildman–Crippen LogP) is 6.76. The van der Waals surface area contributed by atoms with Crippen LogP contribution in [-0.2, 0) is 5.41 Å². The van der Waals surface area contributed by atoms with E-state index in [4.69, 9.17) is 9.65 Å². The number of hydrogen-bond donors (Lipinski definition) is 1. The minimum atomic E-state index is -0.0828. The number of nitrogens with zero attached hydrogens (tertiary/aromatic N) is 2. The molecule has 173 valence electrons. The van der Waals surface area contributed by atoms with E-state index in [2.05, 4.69) is 92.4 Å². The van der Waals surface area contributed by atoms with E-state index >= 15 is 0 Å². The van der Waals surface area contributed by atoms with Crippen LogP contribution in [-0.4, -0.2) is 23.1 Å². The van der Waals surface area contributed by atoms with E-state index < -0.39 is 0 Å². The Labute approximate surface area is 211 Å². The summed E-state index contributed by atoms with van der Waals surface area (Å²) in [5.41, 5.74) is 5.96. The molecule has 0 amide bonds. The van der Waals surface area contributed by atoms with E-state index in [1.165, 1.54) is 27.9 Å². The van der Waals surface area contributed by atoms with E-state index in [1.807, 2.05) is 30.0 Å². The van der Waals surface area contributed by atoms with Gasteiger partial charge in [0, 0.05) is 22.5 Å². The molecule has 1 N–H and O–H groups in total. The Kier molecular flexibility index (Phi) is 5.39. The van der Waals surface area contributed by atoms with Crippen molar-refractivity contribution >= 4 is 46.6 Å². The molecule has 2 atom stereocenters. The summed E-state index contributed by atoms with van der Waals surface area (Å²) in [6, 6.07) is 29.5. The van der Waals surface area contributed by atoms with Crippen molar-refractivity contribution in [1.29, 1.82) is 0 Å². The number of anilines is 2. The summed E-state index contributed by atoms with van der Waals surface area (Å²) in [6.07, 6.45) is 0. The maximum Gasteiger partial charge on any atom is 0.569 e. The lowest BCUT2D eigenvalue weighted by atomic mass is 9.81. The molecule has 0 saturated heterocycles. The standard InChI is InChI=1S/C29H26BN2O2S/c1-29(2,3)23-17-24-25(21-15-14-20(34-30-33)16-22(21)23)26-28(32(24)19-12-8-5-9-13-19)35-27(31-26)18-10-6-4-7-11-18/h4-17,26,28,33H,1-3H3. The van der Waals surface area contributed by atoms with Crippen molar-refractivity contribution in [2.75, 3.05) is 4.90 Å². The Hall–Kier alpha value is -3.22. The van der Waals surface area contributed by atoms with Crippen molar-refractivity contribution in [1.82, 2.24) is 0 Å². The lowest BCUT2D eigenvalue weighted by Gasteiger charge is -2.28. The quantitative estimate of drug-likeness (QED) is 0.330. The predicted molar refractivity (Wildman–Crippen MR) is 147 cm³/mol. The Morgan fingerprint density at radius 3 is 2.31 bits per heavy atom. The molecule has 0 fully saturated rings. The lowest BCUT2D eigenvalue weighted by Crippen LogP contribution is -2.25. The Bertz CT molecular complexity index is 1430. The summed E-state index contributed by atoms with van der Waals surface area (Å²) < 4.78 is 5.34. The highest BCUT2D eigenvalue weighted by Crippen LogP contribution is 2.57. The molecule has 35 heavy (non-hydrogen) atoms. The van der Waals surface area contributed by atoms with Crippen LogP contribution in [0.4, 0.5) is 11.4 Å². The van der Waals surface area contributed by atoms with Gasteiger partial charge in [0.1, 0.15) is 22.2 Å². The molecular weight excluding hydrogens is 451 g/mol. The highest BCUT2D eigenvalue weighted by atomic mass is 32.2. The van der Waals surface area contributed by atoms with Crippen molar-refractivity contribution in [2.24, 2.45) is 4.99 Å². The molecule has 4 aromatic rings. The third-order valence-corrected chi connectivity index (χ3v) is 8.02. The minimum Gasteiger partial charge on any atom is -0.537 e. The number of benzene rings is 4. The monoisotopic (exact) mass is 477 g/mol. The molecule has 2 aliphatic rings. The van der Waals surface area contributed by atoms with Gasteiger partial charge < -0.3 is 14.6 Å². The van der Waals surface area contributed by atoms with Crippen molar-refractivity contribution < 1.29 is 9.68 Å². The third kappa shape index (κ3) is 3.72. The van der Waals surface area contributed by atoms with Gasteiger partial charge in [-0.15, -0.1) is 0 Å². The minimum absolute atomic E-state index is 0.0121. The zero-order valence-corrected chi connectivity index (χ0v) is 20.8. The summed E-state index contributed by atoms with van der Waals surface area (Å²) in [7, 11) is 0.739. The van der Waals surface area contributed by atoms with Crippen LogP contribution in [0, 0.1) is 0 Å². The van der Waals surface area contributed by atoms with Gasteiger partial charge in [-0.3, -0.25) is 4.99 Å². The molecule has 0 bridgehead atoms. The molecule has 0 saturated carbocycles. The maximum absolute atomic E-state index is 9.22. The topological polar surface area (TPSA) is 45.1 Å². The van der Waals surface area contributed by atoms with E-state index in [0.29, 0.717) is 5.75 Å². The average molecular weight is 477 g/mol. The number of para-hydroxylation sites is 1. The highest BCUT2D eigenvalue weighted by Gasteiger charge is 2.46. The van der Waals surface area contributed by atoms with Crippen LogP contribution < -0.4 is 9.55 Å². The fourth-order valence-corrected chi connectivity index (χ4v) is 6.55.